The van der Waals surface area contributed by atoms with Gasteiger partial charge in [0.2, 0.25) is 5.82 Å². The first kappa shape index (κ1) is 35.0. The number of aliphatic hydroxyl groups is 1. The van der Waals surface area contributed by atoms with Gasteiger partial charge in [0.1, 0.15) is 18.2 Å². The van der Waals surface area contributed by atoms with Crippen LogP contribution in [0, 0.1) is 11.2 Å². The Morgan fingerprint density at radius 1 is 1.35 bits per heavy atom. The van der Waals surface area contributed by atoms with Crippen molar-refractivity contribution in [3.8, 4) is 0 Å². The highest BCUT2D eigenvalue weighted by atomic mass is 35.5. The number of nitrogens with zero attached hydrogens (tertiary/aromatic N) is 1. The van der Waals surface area contributed by atoms with Crippen LogP contribution in [-0.4, -0.2) is 74.2 Å². The number of thioether (sulfide) groups is 1. The zero-order valence-corrected chi connectivity index (χ0v) is 25.9. The summed E-state index contributed by atoms with van der Waals surface area (Å²) in [5.74, 6) is -1.87. The third kappa shape index (κ3) is 9.13. The van der Waals surface area contributed by atoms with Crippen molar-refractivity contribution in [2.75, 3.05) is 19.0 Å². The number of aliphatic hydroxyl groups excluding tert-OH is 1. The molecule has 228 valence electrons. The number of alkyl halides is 2. The molecule has 0 amide bonds. The molecule has 1 fully saturated rings. The lowest BCUT2D eigenvalue weighted by Gasteiger charge is -2.28. The Kier molecular flexibility index (Phi) is 12.1. The zero-order chi connectivity index (χ0) is 30.6. The van der Waals surface area contributed by atoms with Crippen molar-refractivity contribution in [1.29, 1.82) is 0 Å². The van der Waals surface area contributed by atoms with Gasteiger partial charge < -0.3 is 23.6 Å². The van der Waals surface area contributed by atoms with Crippen LogP contribution in [0.25, 0.3) is 0 Å². The molecule has 1 saturated heterocycles. The van der Waals surface area contributed by atoms with E-state index in [-0.39, 0.29) is 17.5 Å². The summed E-state index contributed by atoms with van der Waals surface area (Å²) >= 11 is 12.4. The van der Waals surface area contributed by atoms with Gasteiger partial charge >= 0.3 is 11.7 Å². The van der Waals surface area contributed by atoms with E-state index in [1.165, 1.54) is 6.92 Å². The van der Waals surface area contributed by atoms with Gasteiger partial charge in [-0.2, -0.15) is 4.39 Å². The summed E-state index contributed by atoms with van der Waals surface area (Å²) in [4.78, 5) is 49.6. The van der Waals surface area contributed by atoms with Gasteiger partial charge in [0.25, 0.3) is 17.3 Å². The molecule has 1 aliphatic heterocycles. The van der Waals surface area contributed by atoms with Crippen molar-refractivity contribution in [1.82, 2.24) is 14.6 Å². The molecule has 0 radical (unpaired) electrons. The fourth-order valence-electron chi connectivity index (χ4n) is 3.16. The Morgan fingerprint density at radius 3 is 2.55 bits per heavy atom. The maximum Gasteiger partial charge on any atom is 0.330 e. The van der Waals surface area contributed by atoms with E-state index in [1.807, 2.05) is 0 Å². The number of H-pyrrole nitrogens is 1. The third-order valence-corrected chi connectivity index (χ3v) is 9.53. The highest BCUT2D eigenvalue weighted by Crippen LogP contribution is 2.48. The van der Waals surface area contributed by atoms with Crippen molar-refractivity contribution < 1.29 is 42.0 Å². The molecule has 12 nitrogen and oxygen atoms in total. The molecular weight excluding hydrogens is 619 g/mol. The molecule has 0 spiro atoms. The molecule has 0 bridgehead atoms. The van der Waals surface area contributed by atoms with Crippen molar-refractivity contribution in [2.45, 2.75) is 77.3 Å². The topological polar surface area (TPSA) is 158 Å². The van der Waals surface area contributed by atoms with Gasteiger partial charge in [0.05, 0.1) is 25.5 Å². The second-order valence-corrected chi connectivity index (χ2v) is 15.0. The van der Waals surface area contributed by atoms with E-state index in [0.29, 0.717) is 10.8 Å². The molecule has 2 heterocycles. The first-order valence-corrected chi connectivity index (χ1v) is 16.1. The number of rotatable bonds is 12. The van der Waals surface area contributed by atoms with Gasteiger partial charge in [-0.25, -0.2) is 14.3 Å². The van der Waals surface area contributed by atoms with Crippen LogP contribution in [0.2, 0.25) is 0 Å². The number of carbonyl (C=O) groups is 2. The SMILES string of the molecule is CC(C)OC(=O)C(C)NP(=S)(OCCSC(=O)C(C)(C)C)OC[C@H]1O[C@@H](n2cc(F)c(=O)[nH]c2=O)[C@](F)(Cl)[C@@H]1O. The van der Waals surface area contributed by atoms with Crippen molar-refractivity contribution >= 4 is 52.9 Å². The molecule has 0 saturated carbocycles. The molecule has 1 aromatic rings. The Labute approximate surface area is 243 Å². The minimum atomic E-state index is -3.58. The highest BCUT2D eigenvalue weighted by Gasteiger charge is 2.58. The van der Waals surface area contributed by atoms with Gasteiger partial charge in [0.15, 0.2) is 11.3 Å². The molecule has 2 rings (SSSR count). The Morgan fingerprint density at radius 2 is 1.98 bits per heavy atom. The van der Waals surface area contributed by atoms with Crippen LogP contribution < -0.4 is 16.3 Å². The van der Waals surface area contributed by atoms with Crippen LogP contribution in [0.15, 0.2) is 15.8 Å². The van der Waals surface area contributed by atoms with E-state index >= 15 is 4.39 Å². The van der Waals surface area contributed by atoms with Crippen LogP contribution in [0.4, 0.5) is 8.78 Å². The summed E-state index contributed by atoms with van der Waals surface area (Å²) in [5, 5.41) is 10.0. The monoisotopic (exact) mass is 651 g/mol. The molecule has 6 atom stereocenters. The molecule has 1 aromatic heterocycles. The smallest absolute Gasteiger partial charge is 0.330 e. The Hall–Kier alpha value is -1.23. The maximum absolute atomic E-state index is 15.3. The first-order chi connectivity index (χ1) is 18.3. The second kappa shape index (κ2) is 13.8. The minimum absolute atomic E-state index is 0.0754. The van der Waals surface area contributed by atoms with E-state index in [2.05, 4.69) is 5.09 Å². The number of hydrogen-bond acceptors (Lipinski definition) is 11. The van der Waals surface area contributed by atoms with Gasteiger partial charge in [-0.1, -0.05) is 44.1 Å². The van der Waals surface area contributed by atoms with E-state index in [1.54, 1.807) is 39.6 Å². The molecule has 0 aliphatic carbocycles. The zero-order valence-electron chi connectivity index (χ0n) is 22.6. The quantitative estimate of drug-likeness (QED) is 0.131. The standard InChI is InChI=1S/C22H33ClF2N3O9PS2/c1-11(2)36-17(31)12(3)27-38(39,34-7-8-40-19(32)21(4,5)6)35-10-14-15(29)22(23,25)18(37-14)28-9-13(24)16(30)26-20(28)33/h9,11-12,14-15,18,29H,7-8,10H2,1-6H3,(H,27,39)(H,26,30,33)/t12?,14-,15-,18-,22+,38?/m1/s1. The Bertz CT molecular complexity index is 1240. The van der Waals surface area contributed by atoms with Crippen molar-refractivity contribution in [3.05, 3.63) is 32.9 Å². The van der Waals surface area contributed by atoms with Crippen LogP contribution in [0.3, 0.4) is 0 Å². The Balaban J connectivity index is 2.19. The fraction of sp³-hybridized carbons (Fsp3) is 0.727. The van der Waals surface area contributed by atoms with Crippen LogP contribution in [0.5, 0.6) is 0 Å². The molecule has 0 aromatic carbocycles. The summed E-state index contributed by atoms with van der Waals surface area (Å²) < 4.78 is 51.4. The maximum atomic E-state index is 15.3. The molecule has 40 heavy (non-hydrogen) atoms. The lowest BCUT2D eigenvalue weighted by molar-refractivity contribution is -0.149. The number of hydrogen-bond donors (Lipinski definition) is 3. The predicted octanol–water partition coefficient (Wildman–Crippen LogP) is 2.33. The molecule has 2 unspecified atom stereocenters. The average molecular weight is 652 g/mol. The molecular formula is C22H33ClF2N3O9PS2. The number of ether oxygens (including phenoxy) is 2. The fourth-order valence-corrected chi connectivity index (χ4v) is 6.72. The van der Waals surface area contributed by atoms with E-state index < -0.39 is 77.4 Å². The number of carbonyl (C=O) groups excluding carboxylic acids is 2. The predicted molar refractivity (Wildman–Crippen MR) is 148 cm³/mol. The van der Waals surface area contributed by atoms with Crippen LogP contribution in [0.1, 0.15) is 47.8 Å². The normalized spacial score (nSPS) is 25.5. The van der Waals surface area contributed by atoms with Crippen LogP contribution >= 0.6 is 30.0 Å². The second-order valence-electron chi connectivity index (χ2n) is 10.1. The lowest BCUT2D eigenvalue weighted by atomic mass is 10.00. The van der Waals surface area contributed by atoms with E-state index in [0.717, 1.165) is 11.8 Å². The lowest BCUT2D eigenvalue weighted by Crippen LogP contribution is -2.42. The molecule has 18 heteroatoms. The number of esters is 1. The number of aromatic amines is 1. The number of aromatic nitrogens is 2. The highest BCUT2D eigenvalue weighted by molar-refractivity contribution is 8.13. The van der Waals surface area contributed by atoms with Gasteiger partial charge in [-0.05, 0) is 32.6 Å². The molecule has 1 aliphatic rings. The number of nitrogens with one attached hydrogen (secondary N) is 2. The summed E-state index contributed by atoms with van der Waals surface area (Å²) in [6.45, 7) is 5.75. The summed E-state index contributed by atoms with van der Waals surface area (Å²) in [7, 11) is 0. The van der Waals surface area contributed by atoms with Gasteiger partial charge in [0, 0.05) is 11.2 Å². The van der Waals surface area contributed by atoms with E-state index in [9.17, 15) is 28.7 Å². The van der Waals surface area contributed by atoms with Gasteiger partial charge in [-0.3, -0.25) is 23.9 Å². The van der Waals surface area contributed by atoms with E-state index in [4.69, 9.17) is 41.9 Å². The van der Waals surface area contributed by atoms with Crippen molar-refractivity contribution in [2.24, 2.45) is 5.41 Å². The number of halogens is 3. The summed E-state index contributed by atoms with van der Waals surface area (Å²) in [6, 6.07) is -1.00. The summed E-state index contributed by atoms with van der Waals surface area (Å²) in [5.41, 5.74) is -3.16. The summed E-state index contributed by atoms with van der Waals surface area (Å²) in [6.07, 6.45) is -5.72. The average Bonchev–Trinajstić information content (AvgIpc) is 3.05. The minimum Gasteiger partial charge on any atom is -0.462 e. The van der Waals surface area contributed by atoms with Crippen molar-refractivity contribution in [3.63, 3.8) is 0 Å². The largest absolute Gasteiger partial charge is 0.462 e. The van der Waals surface area contributed by atoms with Gasteiger partial charge in [-0.15, -0.1) is 0 Å². The van der Waals surface area contributed by atoms with Crippen LogP contribution in [-0.2, 0) is 39.9 Å². The molecule has 3 N–H and O–H groups in total. The third-order valence-electron chi connectivity index (χ3n) is 5.21. The first-order valence-electron chi connectivity index (χ1n) is 12.1.